The van der Waals surface area contributed by atoms with Crippen LogP contribution in [0.5, 0.6) is 0 Å². The van der Waals surface area contributed by atoms with Gasteiger partial charge in [-0.1, -0.05) is 0 Å². The van der Waals surface area contributed by atoms with E-state index in [1.165, 1.54) is 6.92 Å². The molecule has 3 amide bonds. The fourth-order valence-corrected chi connectivity index (χ4v) is 1.68. The van der Waals surface area contributed by atoms with E-state index in [0.29, 0.717) is 11.2 Å². The summed E-state index contributed by atoms with van der Waals surface area (Å²) >= 11 is 0. The molecule has 0 aliphatic carbocycles. The van der Waals surface area contributed by atoms with Crippen molar-refractivity contribution < 1.29 is 19.2 Å². The van der Waals surface area contributed by atoms with Crippen LogP contribution >= 0.6 is 0 Å². The fraction of sp³-hybridized carbons (Fsp3) is 0.333. The number of nitrogens with zero attached hydrogens (tertiary/aromatic N) is 2. The number of imide groups is 1. The summed E-state index contributed by atoms with van der Waals surface area (Å²) in [7, 11) is 0. The average Bonchev–Trinajstić information content (AvgIpc) is 2.31. The summed E-state index contributed by atoms with van der Waals surface area (Å²) in [5.41, 5.74) is -0.854. The smallest absolute Gasteiger partial charge is 0.258 e. The topological polar surface area (TPSA) is 129 Å². The zero-order valence-corrected chi connectivity index (χ0v) is 11.7. The van der Waals surface area contributed by atoms with Gasteiger partial charge < -0.3 is 4.79 Å². The molecule has 9 nitrogen and oxygen atoms in total. The van der Waals surface area contributed by atoms with Gasteiger partial charge in [0.15, 0.2) is 5.82 Å². The molecule has 0 saturated carbocycles. The van der Waals surface area contributed by atoms with Gasteiger partial charge in [0.25, 0.3) is 5.56 Å². The van der Waals surface area contributed by atoms with E-state index in [9.17, 15) is 24.0 Å². The van der Waals surface area contributed by atoms with Gasteiger partial charge in [-0.05, 0) is 0 Å². The van der Waals surface area contributed by atoms with Crippen molar-refractivity contribution in [3.05, 3.63) is 15.9 Å². The third-order valence-corrected chi connectivity index (χ3v) is 2.42. The SMILES string of the molecule is CC(=O)Nc1nc(N(C(C)=O)C(C)=O)c(CC=O)c(=O)[nH]1. The van der Waals surface area contributed by atoms with Gasteiger partial charge in [0.1, 0.15) is 6.29 Å². The standard InChI is InChI=1S/C12H14N4O5/c1-6(18)13-12-14-10(16(7(2)19)8(3)20)9(4-5-17)11(21)15-12/h5H,4H2,1-3H3,(H2,13,14,15,18,21). The van der Waals surface area contributed by atoms with Crippen molar-refractivity contribution in [2.45, 2.75) is 27.2 Å². The lowest BCUT2D eigenvalue weighted by Crippen LogP contribution is -2.37. The minimum atomic E-state index is -0.719. The molecule has 2 N–H and O–H groups in total. The highest BCUT2D eigenvalue weighted by Gasteiger charge is 2.24. The summed E-state index contributed by atoms with van der Waals surface area (Å²) in [6.07, 6.45) is 0.126. The first-order chi connectivity index (χ1) is 9.77. The fourth-order valence-electron chi connectivity index (χ4n) is 1.68. The molecule has 1 heterocycles. The quantitative estimate of drug-likeness (QED) is 0.711. The molecule has 0 spiro atoms. The van der Waals surface area contributed by atoms with E-state index in [2.05, 4.69) is 15.3 Å². The third kappa shape index (κ3) is 3.81. The van der Waals surface area contributed by atoms with Crippen molar-refractivity contribution in [2.24, 2.45) is 0 Å². The van der Waals surface area contributed by atoms with Gasteiger partial charge in [-0.25, -0.2) is 4.90 Å². The molecule has 1 aromatic rings. The van der Waals surface area contributed by atoms with Crippen LogP contribution in [0.4, 0.5) is 11.8 Å². The second kappa shape index (κ2) is 6.55. The average molecular weight is 294 g/mol. The van der Waals surface area contributed by atoms with Crippen molar-refractivity contribution in [3.8, 4) is 0 Å². The molecule has 1 rings (SSSR count). The Morgan fingerprint density at radius 2 is 1.81 bits per heavy atom. The van der Waals surface area contributed by atoms with Crippen LogP contribution in [0.3, 0.4) is 0 Å². The first kappa shape index (κ1) is 16.2. The molecule has 0 unspecified atom stereocenters. The molecule has 0 bridgehead atoms. The molecule has 1 aromatic heterocycles. The Hall–Kier alpha value is -2.84. The summed E-state index contributed by atoms with van der Waals surface area (Å²) in [4.78, 5) is 63.5. The minimum Gasteiger partial charge on any atom is -0.303 e. The molecular formula is C12H14N4O5. The largest absolute Gasteiger partial charge is 0.303 e. The maximum atomic E-state index is 11.9. The number of hydrogen-bond donors (Lipinski definition) is 2. The van der Waals surface area contributed by atoms with Crippen molar-refractivity contribution >= 4 is 35.8 Å². The first-order valence-electron chi connectivity index (χ1n) is 5.93. The van der Waals surface area contributed by atoms with Gasteiger partial charge in [-0.15, -0.1) is 0 Å². The molecule has 0 aliphatic rings. The number of aromatic amines is 1. The predicted octanol–water partition coefficient (Wildman–Crippen LogP) is -0.631. The second-order valence-electron chi connectivity index (χ2n) is 4.14. The summed E-state index contributed by atoms with van der Waals surface area (Å²) in [5.74, 6) is -2.31. The van der Waals surface area contributed by atoms with Gasteiger partial charge >= 0.3 is 0 Å². The molecule has 0 fully saturated rings. The summed E-state index contributed by atoms with van der Waals surface area (Å²) < 4.78 is 0. The normalized spacial score (nSPS) is 9.86. The van der Waals surface area contributed by atoms with E-state index in [4.69, 9.17) is 0 Å². The Morgan fingerprint density at radius 3 is 2.24 bits per heavy atom. The Labute approximate surface area is 119 Å². The zero-order valence-electron chi connectivity index (χ0n) is 11.7. The van der Waals surface area contributed by atoms with Crippen LogP contribution in [0.15, 0.2) is 4.79 Å². The summed E-state index contributed by atoms with van der Waals surface area (Å²) in [6.45, 7) is 3.44. The number of carbonyl (C=O) groups is 4. The van der Waals surface area contributed by atoms with Crippen LogP contribution in [0, 0.1) is 0 Å². The van der Waals surface area contributed by atoms with E-state index < -0.39 is 23.3 Å². The Morgan fingerprint density at radius 1 is 1.24 bits per heavy atom. The maximum absolute atomic E-state index is 11.9. The van der Waals surface area contributed by atoms with Gasteiger partial charge in [0, 0.05) is 27.2 Å². The number of aldehydes is 1. The van der Waals surface area contributed by atoms with Crippen molar-refractivity contribution in [3.63, 3.8) is 0 Å². The third-order valence-electron chi connectivity index (χ3n) is 2.42. The molecule has 0 saturated heterocycles. The molecule has 0 aromatic carbocycles. The monoisotopic (exact) mass is 294 g/mol. The van der Waals surface area contributed by atoms with E-state index in [1.807, 2.05) is 0 Å². The van der Waals surface area contributed by atoms with Gasteiger partial charge in [0.2, 0.25) is 23.7 Å². The Kier molecular flexibility index (Phi) is 5.06. The lowest BCUT2D eigenvalue weighted by molar-refractivity contribution is -0.124. The molecular weight excluding hydrogens is 280 g/mol. The number of rotatable bonds is 4. The lowest BCUT2D eigenvalue weighted by atomic mass is 10.2. The number of anilines is 2. The van der Waals surface area contributed by atoms with Crippen molar-refractivity contribution in [1.29, 1.82) is 0 Å². The highest BCUT2D eigenvalue weighted by atomic mass is 16.2. The first-order valence-corrected chi connectivity index (χ1v) is 5.93. The van der Waals surface area contributed by atoms with Crippen LogP contribution in [0.1, 0.15) is 26.3 Å². The minimum absolute atomic E-state index is 0.135. The van der Waals surface area contributed by atoms with E-state index in [0.717, 1.165) is 13.8 Å². The van der Waals surface area contributed by atoms with Crippen LogP contribution in [-0.2, 0) is 25.6 Å². The van der Waals surface area contributed by atoms with Crippen molar-refractivity contribution in [1.82, 2.24) is 9.97 Å². The Balaban J connectivity index is 3.56. The number of amides is 3. The lowest BCUT2D eigenvalue weighted by Gasteiger charge is -2.19. The van der Waals surface area contributed by atoms with Crippen LogP contribution in [-0.4, -0.2) is 34.0 Å². The predicted molar refractivity (Wildman–Crippen MR) is 72.8 cm³/mol. The van der Waals surface area contributed by atoms with E-state index in [1.54, 1.807) is 0 Å². The number of aromatic nitrogens is 2. The van der Waals surface area contributed by atoms with E-state index in [-0.39, 0.29) is 23.8 Å². The van der Waals surface area contributed by atoms with Gasteiger partial charge in [-0.3, -0.25) is 29.5 Å². The number of nitrogens with one attached hydrogen (secondary N) is 2. The van der Waals surface area contributed by atoms with Gasteiger partial charge in [-0.2, -0.15) is 4.98 Å². The highest BCUT2D eigenvalue weighted by Crippen LogP contribution is 2.17. The van der Waals surface area contributed by atoms with Crippen LogP contribution < -0.4 is 15.8 Å². The summed E-state index contributed by atoms with van der Waals surface area (Å²) in [6, 6.07) is 0. The van der Waals surface area contributed by atoms with Crippen molar-refractivity contribution in [2.75, 3.05) is 10.2 Å². The van der Waals surface area contributed by atoms with Crippen LogP contribution in [0.25, 0.3) is 0 Å². The maximum Gasteiger partial charge on any atom is 0.258 e. The molecule has 112 valence electrons. The molecule has 0 radical (unpaired) electrons. The van der Waals surface area contributed by atoms with Crippen LogP contribution in [0.2, 0.25) is 0 Å². The highest BCUT2D eigenvalue weighted by molar-refractivity contribution is 6.13. The molecule has 21 heavy (non-hydrogen) atoms. The number of carbonyl (C=O) groups excluding carboxylic acids is 4. The second-order valence-corrected chi connectivity index (χ2v) is 4.14. The van der Waals surface area contributed by atoms with E-state index >= 15 is 0 Å². The summed E-state index contributed by atoms with van der Waals surface area (Å²) in [5, 5.41) is 2.24. The molecule has 0 atom stereocenters. The molecule has 9 heteroatoms. The number of hydrogen-bond acceptors (Lipinski definition) is 6. The zero-order chi connectivity index (χ0) is 16.2. The Bertz CT molecular complexity index is 650. The molecule has 0 aliphatic heterocycles. The number of H-pyrrole nitrogens is 1. The van der Waals surface area contributed by atoms with Gasteiger partial charge in [0.05, 0.1) is 5.56 Å².